The van der Waals surface area contributed by atoms with Crippen LogP contribution in [0, 0.1) is 12.7 Å². The molecule has 0 aromatic carbocycles. The van der Waals surface area contributed by atoms with Gasteiger partial charge in [-0.15, -0.1) is 11.3 Å². The highest BCUT2D eigenvalue weighted by atomic mass is 32.1. The second kappa shape index (κ2) is 4.46. The largest absolute Gasteiger partial charge is 0.478 e. The molecule has 0 saturated carbocycles. The first kappa shape index (κ1) is 11.5. The van der Waals surface area contributed by atoms with Crippen LogP contribution in [0.4, 0.5) is 15.3 Å². The molecule has 0 bridgehead atoms. The first-order valence-electron chi connectivity index (χ1n) is 4.65. The van der Waals surface area contributed by atoms with Gasteiger partial charge in [0, 0.05) is 17.3 Å². The number of rotatable bonds is 3. The summed E-state index contributed by atoms with van der Waals surface area (Å²) in [7, 11) is 0. The lowest BCUT2D eigenvalue weighted by Crippen LogP contribution is -2.05. The fraction of sp³-hybridized carbons (Fsp3) is 0.100. The minimum absolute atomic E-state index is 0.140. The maximum Gasteiger partial charge on any atom is 0.338 e. The minimum Gasteiger partial charge on any atom is -0.478 e. The fourth-order valence-electron chi connectivity index (χ4n) is 1.21. The van der Waals surface area contributed by atoms with Crippen LogP contribution in [0.15, 0.2) is 18.5 Å². The number of halogens is 1. The van der Waals surface area contributed by atoms with Crippen molar-refractivity contribution in [2.45, 2.75) is 6.92 Å². The topological polar surface area (TPSA) is 75.1 Å². The van der Waals surface area contributed by atoms with Crippen LogP contribution in [0.2, 0.25) is 0 Å². The molecular formula is C10H8FN3O2S. The summed E-state index contributed by atoms with van der Waals surface area (Å²) in [5, 5.41) is 11.9. The molecule has 0 radical (unpaired) electrons. The van der Waals surface area contributed by atoms with E-state index in [0.29, 0.717) is 5.13 Å². The van der Waals surface area contributed by atoms with Gasteiger partial charge in [0.15, 0.2) is 16.8 Å². The first-order valence-corrected chi connectivity index (χ1v) is 5.47. The van der Waals surface area contributed by atoms with Crippen LogP contribution in [0.5, 0.6) is 0 Å². The van der Waals surface area contributed by atoms with Crippen molar-refractivity contribution >= 4 is 28.3 Å². The number of carboxylic acids is 1. The molecule has 0 aliphatic carbocycles. The van der Waals surface area contributed by atoms with Crippen LogP contribution in [0.1, 0.15) is 15.2 Å². The van der Waals surface area contributed by atoms with Gasteiger partial charge in [-0.05, 0) is 13.0 Å². The van der Waals surface area contributed by atoms with Crippen LogP contribution < -0.4 is 5.32 Å². The lowest BCUT2D eigenvalue weighted by Gasteiger charge is -2.04. The SMILES string of the molecule is Cc1cnc(Nc2nccc(C(=O)O)c2F)s1. The Morgan fingerprint density at radius 2 is 2.29 bits per heavy atom. The van der Waals surface area contributed by atoms with Crippen LogP contribution in [0.25, 0.3) is 0 Å². The first-order chi connectivity index (χ1) is 8.08. The number of nitrogens with one attached hydrogen (secondary N) is 1. The quantitative estimate of drug-likeness (QED) is 0.878. The number of aryl methyl sites for hydroxylation is 1. The van der Waals surface area contributed by atoms with Crippen molar-refractivity contribution in [3.05, 3.63) is 34.7 Å². The van der Waals surface area contributed by atoms with Gasteiger partial charge in [0.05, 0.1) is 0 Å². The van der Waals surface area contributed by atoms with E-state index in [-0.39, 0.29) is 5.82 Å². The number of carboxylic acid groups (broad SMARTS) is 1. The number of thiazole rings is 1. The van der Waals surface area contributed by atoms with Crippen molar-refractivity contribution in [3.63, 3.8) is 0 Å². The number of carbonyl (C=O) groups is 1. The predicted molar refractivity (Wildman–Crippen MR) is 61.3 cm³/mol. The molecule has 0 aliphatic rings. The normalized spacial score (nSPS) is 10.2. The van der Waals surface area contributed by atoms with Crippen LogP contribution >= 0.6 is 11.3 Å². The van der Waals surface area contributed by atoms with Crippen molar-refractivity contribution < 1.29 is 14.3 Å². The maximum absolute atomic E-state index is 13.7. The Bertz CT molecular complexity index is 570. The van der Waals surface area contributed by atoms with Gasteiger partial charge in [-0.2, -0.15) is 0 Å². The number of hydrogen-bond acceptors (Lipinski definition) is 5. The highest BCUT2D eigenvalue weighted by Gasteiger charge is 2.15. The van der Waals surface area contributed by atoms with E-state index in [0.717, 1.165) is 10.9 Å². The fourth-order valence-corrected chi connectivity index (χ4v) is 1.87. The Morgan fingerprint density at radius 1 is 1.53 bits per heavy atom. The van der Waals surface area contributed by atoms with Gasteiger partial charge < -0.3 is 10.4 Å². The zero-order valence-corrected chi connectivity index (χ0v) is 9.58. The molecule has 0 spiro atoms. The van der Waals surface area contributed by atoms with Crippen LogP contribution in [-0.4, -0.2) is 21.0 Å². The second-order valence-electron chi connectivity index (χ2n) is 3.23. The average Bonchev–Trinajstić information content (AvgIpc) is 2.67. The summed E-state index contributed by atoms with van der Waals surface area (Å²) >= 11 is 1.33. The molecular weight excluding hydrogens is 245 g/mol. The van der Waals surface area contributed by atoms with Crippen LogP contribution in [-0.2, 0) is 0 Å². The number of aromatic nitrogens is 2. The summed E-state index contributed by atoms with van der Waals surface area (Å²) in [6, 6.07) is 1.11. The van der Waals surface area contributed by atoms with E-state index in [1.165, 1.54) is 17.5 Å². The lowest BCUT2D eigenvalue weighted by molar-refractivity contribution is 0.0692. The highest BCUT2D eigenvalue weighted by molar-refractivity contribution is 7.15. The number of aromatic carboxylic acids is 1. The Kier molecular flexibility index (Phi) is 3.01. The molecule has 2 N–H and O–H groups in total. The van der Waals surface area contributed by atoms with Gasteiger partial charge in [0.1, 0.15) is 5.56 Å². The third kappa shape index (κ3) is 2.39. The van der Waals surface area contributed by atoms with E-state index >= 15 is 0 Å². The molecule has 0 atom stereocenters. The smallest absolute Gasteiger partial charge is 0.338 e. The highest BCUT2D eigenvalue weighted by Crippen LogP contribution is 2.23. The van der Waals surface area contributed by atoms with Gasteiger partial charge in [0.2, 0.25) is 0 Å². The third-order valence-corrected chi connectivity index (χ3v) is 2.79. The third-order valence-electron chi connectivity index (χ3n) is 1.97. The molecule has 2 aromatic rings. The van der Waals surface area contributed by atoms with Gasteiger partial charge >= 0.3 is 5.97 Å². The van der Waals surface area contributed by atoms with E-state index in [4.69, 9.17) is 5.11 Å². The van der Waals surface area contributed by atoms with Crippen LogP contribution in [0.3, 0.4) is 0 Å². The molecule has 5 nitrogen and oxygen atoms in total. The molecule has 7 heteroatoms. The predicted octanol–water partition coefficient (Wildman–Crippen LogP) is 2.43. The molecule has 0 amide bonds. The summed E-state index contributed by atoms with van der Waals surface area (Å²) in [4.78, 5) is 19.4. The van der Waals surface area contributed by atoms with Crippen molar-refractivity contribution in [1.29, 1.82) is 0 Å². The second-order valence-corrected chi connectivity index (χ2v) is 4.46. The lowest BCUT2D eigenvalue weighted by atomic mass is 10.2. The molecule has 2 rings (SSSR count). The summed E-state index contributed by atoms with van der Waals surface area (Å²) in [5.41, 5.74) is -0.421. The number of nitrogens with zero attached hydrogens (tertiary/aromatic N) is 2. The van der Waals surface area contributed by atoms with E-state index in [1.54, 1.807) is 6.20 Å². The van der Waals surface area contributed by atoms with Gasteiger partial charge in [0.25, 0.3) is 0 Å². The van der Waals surface area contributed by atoms with Crippen molar-refractivity contribution in [2.24, 2.45) is 0 Å². The van der Waals surface area contributed by atoms with Gasteiger partial charge in [-0.25, -0.2) is 19.2 Å². The molecule has 2 aromatic heterocycles. The van der Waals surface area contributed by atoms with Crippen molar-refractivity contribution in [1.82, 2.24) is 9.97 Å². The summed E-state index contributed by atoms with van der Waals surface area (Å²) < 4.78 is 13.7. The van der Waals surface area contributed by atoms with Crippen molar-refractivity contribution in [3.8, 4) is 0 Å². The Balaban J connectivity index is 2.33. The molecule has 0 fully saturated rings. The van der Waals surface area contributed by atoms with E-state index in [1.807, 2.05) is 6.92 Å². The van der Waals surface area contributed by atoms with Crippen molar-refractivity contribution in [2.75, 3.05) is 5.32 Å². The number of pyridine rings is 1. The number of anilines is 2. The standard InChI is InChI=1S/C10H8FN3O2S/c1-5-4-13-10(17-5)14-8-7(11)6(9(15)16)2-3-12-8/h2-4H,1H3,(H,15,16)(H,12,13,14). The zero-order chi connectivity index (χ0) is 12.4. The molecule has 88 valence electrons. The van der Waals surface area contributed by atoms with E-state index in [2.05, 4.69) is 15.3 Å². The summed E-state index contributed by atoms with van der Waals surface area (Å²) in [5.74, 6) is -2.37. The zero-order valence-electron chi connectivity index (χ0n) is 8.77. The molecule has 0 saturated heterocycles. The maximum atomic E-state index is 13.7. The monoisotopic (exact) mass is 253 g/mol. The summed E-state index contributed by atoms with van der Waals surface area (Å²) in [6.45, 7) is 1.86. The Labute approximate surface area is 100.0 Å². The van der Waals surface area contributed by atoms with E-state index < -0.39 is 17.3 Å². The van der Waals surface area contributed by atoms with E-state index in [9.17, 15) is 9.18 Å². The number of hydrogen-bond donors (Lipinski definition) is 2. The molecule has 0 aliphatic heterocycles. The van der Waals surface area contributed by atoms with Gasteiger partial charge in [-0.1, -0.05) is 0 Å². The minimum atomic E-state index is -1.33. The Morgan fingerprint density at radius 3 is 2.88 bits per heavy atom. The molecule has 2 heterocycles. The van der Waals surface area contributed by atoms with Gasteiger partial charge in [-0.3, -0.25) is 0 Å². The summed E-state index contributed by atoms with van der Waals surface area (Å²) in [6.07, 6.45) is 2.86. The Hall–Kier alpha value is -2.02. The molecule has 17 heavy (non-hydrogen) atoms. The molecule has 0 unspecified atom stereocenters. The average molecular weight is 253 g/mol.